The van der Waals surface area contributed by atoms with Crippen LogP contribution in [0.25, 0.3) is 0 Å². The Bertz CT molecular complexity index is 637. The summed E-state index contributed by atoms with van der Waals surface area (Å²) in [5.74, 6) is -0.569. The number of nitrogens with one attached hydrogen (secondary N) is 1. The molecule has 3 nitrogen and oxygen atoms in total. The lowest BCUT2D eigenvalue weighted by Gasteiger charge is -2.09. The third kappa shape index (κ3) is 3.28. The van der Waals surface area contributed by atoms with E-state index in [-0.39, 0.29) is 11.7 Å². The van der Waals surface area contributed by atoms with Crippen molar-refractivity contribution in [2.45, 2.75) is 26.8 Å². The summed E-state index contributed by atoms with van der Waals surface area (Å²) in [4.78, 5) is 12.2. The van der Waals surface area contributed by atoms with E-state index in [9.17, 15) is 9.18 Å². The van der Waals surface area contributed by atoms with Gasteiger partial charge in [-0.25, -0.2) is 4.39 Å². The monoisotopic (exact) mass is 338 g/mol. The zero-order valence-corrected chi connectivity index (χ0v) is 13.0. The van der Waals surface area contributed by atoms with Gasteiger partial charge in [0.25, 0.3) is 5.91 Å². The number of hydrogen-bond acceptors (Lipinski definition) is 1. The van der Waals surface area contributed by atoms with Crippen molar-refractivity contribution in [3.8, 4) is 0 Å². The van der Waals surface area contributed by atoms with Crippen LogP contribution >= 0.6 is 15.9 Å². The molecule has 1 amide bonds. The Labute approximate surface area is 125 Å². The van der Waals surface area contributed by atoms with Crippen LogP contribution in [0.4, 0.5) is 10.1 Å². The van der Waals surface area contributed by atoms with Gasteiger partial charge in [0.1, 0.15) is 11.5 Å². The molecule has 1 aromatic carbocycles. The summed E-state index contributed by atoms with van der Waals surface area (Å²) in [5.41, 5.74) is 1.57. The first kappa shape index (κ1) is 14.8. The van der Waals surface area contributed by atoms with Gasteiger partial charge in [0, 0.05) is 22.9 Å². The number of amides is 1. The smallest absolute Gasteiger partial charge is 0.272 e. The van der Waals surface area contributed by atoms with E-state index in [0.717, 1.165) is 17.4 Å². The van der Waals surface area contributed by atoms with Crippen LogP contribution in [0.1, 0.15) is 29.4 Å². The molecule has 5 heteroatoms. The Kier molecular flexibility index (Phi) is 4.60. The standard InChI is InChI=1S/C15H16BrFN2O/c1-3-6-19-9-11(16)7-14(19)15(20)18-12-5-4-10(2)13(17)8-12/h4-5,7-9H,3,6H2,1-2H3,(H,18,20). The molecule has 0 radical (unpaired) electrons. The minimum atomic E-state index is -0.326. The van der Waals surface area contributed by atoms with Crippen molar-refractivity contribution in [2.75, 3.05) is 5.32 Å². The minimum absolute atomic E-state index is 0.243. The molecule has 0 bridgehead atoms. The van der Waals surface area contributed by atoms with Gasteiger partial charge in [-0.05, 0) is 53.0 Å². The van der Waals surface area contributed by atoms with Crippen LogP contribution in [0.2, 0.25) is 0 Å². The molecule has 0 unspecified atom stereocenters. The highest BCUT2D eigenvalue weighted by molar-refractivity contribution is 9.10. The SMILES string of the molecule is CCCn1cc(Br)cc1C(=O)Nc1ccc(C)c(F)c1. The maximum Gasteiger partial charge on any atom is 0.272 e. The summed E-state index contributed by atoms with van der Waals surface area (Å²) in [6.07, 6.45) is 2.80. The van der Waals surface area contributed by atoms with Crippen molar-refractivity contribution in [1.82, 2.24) is 4.57 Å². The third-order valence-electron chi connectivity index (χ3n) is 2.99. The number of halogens is 2. The van der Waals surface area contributed by atoms with E-state index >= 15 is 0 Å². The zero-order valence-electron chi connectivity index (χ0n) is 11.4. The van der Waals surface area contributed by atoms with Gasteiger partial charge in [-0.1, -0.05) is 13.0 Å². The average Bonchev–Trinajstić information content (AvgIpc) is 2.75. The second kappa shape index (κ2) is 6.22. The lowest BCUT2D eigenvalue weighted by molar-refractivity contribution is 0.101. The number of nitrogens with zero attached hydrogens (tertiary/aromatic N) is 1. The topological polar surface area (TPSA) is 34.0 Å². The summed E-state index contributed by atoms with van der Waals surface area (Å²) in [7, 11) is 0. The van der Waals surface area contributed by atoms with Gasteiger partial charge in [-0.3, -0.25) is 4.79 Å². The minimum Gasteiger partial charge on any atom is -0.342 e. The fourth-order valence-corrected chi connectivity index (χ4v) is 2.42. The normalized spacial score (nSPS) is 10.6. The van der Waals surface area contributed by atoms with Crippen LogP contribution in [0.3, 0.4) is 0 Å². The van der Waals surface area contributed by atoms with Crippen molar-refractivity contribution in [3.63, 3.8) is 0 Å². The van der Waals surface area contributed by atoms with Crippen molar-refractivity contribution < 1.29 is 9.18 Å². The van der Waals surface area contributed by atoms with E-state index < -0.39 is 0 Å². The van der Waals surface area contributed by atoms with Gasteiger partial charge in [0.15, 0.2) is 0 Å². The van der Waals surface area contributed by atoms with E-state index in [4.69, 9.17) is 0 Å². The van der Waals surface area contributed by atoms with Gasteiger partial charge >= 0.3 is 0 Å². The van der Waals surface area contributed by atoms with Crippen LogP contribution in [-0.2, 0) is 6.54 Å². The van der Waals surface area contributed by atoms with Gasteiger partial charge in [-0.2, -0.15) is 0 Å². The molecular weight excluding hydrogens is 323 g/mol. The van der Waals surface area contributed by atoms with Gasteiger partial charge in [0.2, 0.25) is 0 Å². The second-order valence-corrected chi connectivity index (χ2v) is 5.57. The molecule has 0 aliphatic rings. The molecule has 0 aliphatic carbocycles. The number of carbonyl (C=O) groups excluding carboxylic acids is 1. The molecule has 1 heterocycles. The van der Waals surface area contributed by atoms with Gasteiger partial charge in [-0.15, -0.1) is 0 Å². The molecule has 2 rings (SSSR count). The molecule has 20 heavy (non-hydrogen) atoms. The molecule has 0 saturated carbocycles. The van der Waals surface area contributed by atoms with Crippen molar-refractivity contribution >= 4 is 27.5 Å². The number of hydrogen-bond donors (Lipinski definition) is 1. The average molecular weight is 339 g/mol. The van der Waals surface area contributed by atoms with Crippen molar-refractivity contribution in [1.29, 1.82) is 0 Å². The molecule has 106 valence electrons. The number of aromatic nitrogens is 1. The highest BCUT2D eigenvalue weighted by Crippen LogP contribution is 2.18. The second-order valence-electron chi connectivity index (χ2n) is 4.66. The lowest BCUT2D eigenvalue weighted by Crippen LogP contribution is -2.16. The Balaban J connectivity index is 2.21. The Morgan fingerprint density at radius 3 is 2.80 bits per heavy atom. The lowest BCUT2D eigenvalue weighted by atomic mass is 10.2. The highest BCUT2D eigenvalue weighted by Gasteiger charge is 2.13. The number of rotatable bonds is 4. The summed E-state index contributed by atoms with van der Waals surface area (Å²) in [6, 6.07) is 6.43. The van der Waals surface area contributed by atoms with E-state index in [2.05, 4.69) is 21.2 Å². The Morgan fingerprint density at radius 2 is 2.15 bits per heavy atom. The van der Waals surface area contributed by atoms with Crippen molar-refractivity contribution in [3.05, 3.63) is 52.0 Å². The first-order chi connectivity index (χ1) is 9.51. The maximum atomic E-state index is 13.5. The first-order valence-electron chi connectivity index (χ1n) is 6.44. The molecule has 1 aromatic heterocycles. The van der Waals surface area contributed by atoms with Crippen LogP contribution in [-0.4, -0.2) is 10.5 Å². The summed E-state index contributed by atoms with van der Waals surface area (Å²) in [5, 5.41) is 2.72. The van der Waals surface area contributed by atoms with E-state index in [0.29, 0.717) is 16.9 Å². The van der Waals surface area contributed by atoms with E-state index in [1.165, 1.54) is 6.07 Å². The van der Waals surface area contributed by atoms with Crippen LogP contribution in [0.15, 0.2) is 34.9 Å². The van der Waals surface area contributed by atoms with Crippen LogP contribution in [0, 0.1) is 12.7 Å². The highest BCUT2D eigenvalue weighted by atomic mass is 79.9. The van der Waals surface area contributed by atoms with Gasteiger partial charge in [0.05, 0.1) is 0 Å². The van der Waals surface area contributed by atoms with Crippen LogP contribution in [0.5, 0.6) is 0 Å². The Morgan fingerprint density at radius 1 is 1.40 bits per heavy atom. The molecule has 2 aromatic rings. The predicted molar refractivity (Wildman–Crippen MR) is 81.5 cm³/mol. The summed E-state index contributed by atoms with van der Waals surface area (Å²) in [6.45, 7) is 4.49. The Hall–Kier alpha value is -1.62. The number of aryl methyl sites for hydroxylation is 2. The number of anilines is 1. The zero-order chi connectivity index (χ0) is 14.7. The van der Waals surface area contributed by atoms with Crippen LogP contribution < -0.4 is 5.32 Å². The molecule has 0 aliphatic heterocycles. The molecule has 0 saturated heterocycles. The summed E-state index contributed by atoms with van der Waals surface area (Å²) >= 11 is 3.37. The maximum absolute atomic E-state index is 13.5. The van der Waals surface area contributed by atoms with E-state index in [1.54, 1.807) is 25.1 Å². The molecule has 0 spiro atoms. The van der Waals surface area contributed by atoms with E-state index in [1.807, 2.05) is 17.7 Å². The molecule has 1 N–H and O–H groups in total. The molecular formula is C15H16BrFN2O. The summed E-state index contributed by atoms with van der Waals surface area (Å²) < 4.78 is 16.2. The fraction of sp³-hybridized carbons (Fsp3) is 0.267. The largest absolute Gasteiger partial charge is 0.342 e. The number of carbonyl (C=O) groups is 1. The third-order valence-corrected chi connectivity index (χ3v) is 3.42. The molecule has 0 fully saturated rings. The quantitative estimate of drug-likeness (QED) is 0.882. The fourth-order valence-electron chi connectivity index (χ4n) is 1.96. The predicted octanol–water partition coefficient (Wildman–Crippen LogP) is 4.36. The first-order valence-corrected chi connectivity index (χ1v) is 7.23. The molecule has 0 atom stereocenters. The number of benzene rings is 1. The van der Waals surface area contributed by atoms with Gasteiger partial charge < -0.3 is 9.88 Å². The van der Waals surface area contributed by atoms with Crippen molar-refractivity contribution in [2.24, 2.45) is 0 Å².